The molecular formula is C15H17ClN2OS. The monoisotopic (exact) mass is 308 g/mol. The lowest BCUT2D eigenvalue weighted by Gasteiger charge is -2.30. The average Bonchev–Trinajstić information content (AvgIpc) is 2.87. The first-order valence-electron chi connectivity index (χ1n) is 6.36. The van der Waals surface area contributed by atoms with Crippen molar-refractivity contribution >= 4 is 29.8 Å². The zero-order valence-corrected chi connectivity index (χ0v) is 13.3. The van der Waals surface area contributed by atoms with Gasteiger partial charge < -0.3 is 0 Å². The zero-order chi connectivity index (χ0) is 14.8. The van der Waals surface area contributed by atoms with Crippen LogP contribution >= 0.6 is 23.4 Å². The molecule has 20 heavy (non-hydrogen) atoms. The van der Waals surface area contributed by atoms with Crippen LogP contribution in [0.2, 0.25) is 5.02 Å². The van der Waals surface area contributed by atoms with Crippen LogP contribution in [0.4, 0.5) is 0 Å². The Hall–Kier alpha value is -1.26. The molecule has 2 aromatic rings. The van der Waals surface area contributed by atoms with E-state index >= 15 is 0 Å². The average molecular weight is 309 g/mol. The second-order valence-electron chi connectivity index (χ2n) is 5.20. The fourth-order valence-electron chi connectivity index (χ4n) is 1.97. The summed E-state index contributed by atoms with van der Waals surface area (Å²) in [6.45, 7) is 6.32. The van der Waals surface area contributed by atoms with E-state index in [0.29, 0.717) is 0 Å². The van der Waals surface area contributed by atoms with Crippen molar-refractivity contribution in [1.82, 2.24) is 9.55 Å². The molecule has 1 aromatic heterocycles. The molecule has 0 spiro atoms. The number of thioether (sulfide) groups is 1. The molecule has 0 bridgehead atoms. The molecule has 0 fully saturated rings. The molecule has 0 aliphatic heterocycles. The molecule has 0 saturated carbocycles. The quantitative estimate of drug-likeness (QED) is 0.618. The third kappa shape index (κ3) is 3.07. The van der Waals surface area contributed by atoms with Crippen molar-refractivity contribution in [1.29, 1.82) is 0 Å². The Labute approximate surface area is 128 Å². The Morgan fingerprint density at radius 3 is 2.85 bits per heavy atom. The highest BCUT2D eigenvalue weighted by Crippen LogP contribution is 2.37. The molecule has 1 unspecified atom stereocenters. The molecule has 1 atom stereocenters. The SMILES string of the molecule is CC(Sc1cccc(Cl)c1)C(C)(C)c1nccn1C=O. The maximum absolute atomic E-state index is 11.1. The van der Waals surface area contributed by atoms with E-state index in [1.165, 1.54) is 4.57 Å². The molecular weight excluding hydrogens is 292 g/mol. The number of imidazole rings is 1. The standard InChI is InChI=1S/C15H17ClN2OS/c1-11(20-13-6-4-5-12(16)9-13)15(2,3)14-17-7-8-18(14)10-19/h4-11H,1-3H3. The van der Waals surface area contributed by atoms with Crippen molar-refractivity contribution in [3.05, 3.63) is 47.5 Å². The van der Waals surface area contributed by atoms with E-state index in [1.807, 2.05) is 24.3 Å². The van der Waals surface area contributed by atoms with Gasteiger partial charge in [-0.05, 0) is 18.2 Å². The van der Waals surface area contributed by atoms with Crippen LogP contribution in [0.15, 0.2) is 41.6 Å². The molecule has 0 aliphatic carbocycles. The van der Waals surface area contributed by atoms with E-state index in [-0.39, 0.29) is 10.7 Å². The summed E-state index contributed by atoms with van der Waals surface area (Å²) in [4.78, 5) is 16.5. The Kier molecular flexibility index (Phi) is 4.55. The first kappa shape index (κ1) is 15.1. The number of halogens is 1. The second-order valence-corrected chi connectivity index (χ2v) is 7.05. The first-order valence-corrected chi connectivity index (χ1v) is 7.61. The van der Waals surface area contributed by atoms with Gasteiger partial charge in [0, 0.05) is 33.0 Å². The molecule has 0 N–H and O–H groups in total. The molecule has 106 valence electrons. The maximum atomic E-state index is 11.1. The van der Waals surface area contributed by atoms with Gasteiger partial charge in [0.25, 0.3) is 0 Å². The summed E-state index contributed by atoms with van der Waals surface area (Å²) in [5.41, 5.74) is -0.239. The Bertz CT molecular complexity index is 609. The number of hydrogen-bond acceptors (Lipinski definition) is 3. The highest BCUT2D eigenvalue weighted by atomic mass is 35.5. The van der Waals surface area contributed by atoms with Crippen molar-refractivity contribution in [3.8, 4) is 0 Å². The third-order valence-electron chi connectivity index (χ3n) is 3.48. The summed E-state index contributed by atoms with van der Waals surface area (Å²) >= 11 is 7.74. The van der Waals surface area contributed by atoms with Gasteiger partial charge in [-0.25, -0.2) is 4.98 Å². The number of hydrogen-bond donors (Lipinski definition) is 0. The zero-order valence-electron chi connectivity index (χ0n) is 11.7. The fourth-order valence-corrected chi connectivity index (χ4v) is 3.39. The smallest absolute Gasteiger partial charge is 0.219 e. The molecule has 2 rings (SSSR count). The van der Waals surface area contributed by atoms with Crippen LogP contribution in [-0.4, -0.2) is 21.2 Å². The van der Waals surface area contributed by atoms with Crippen molar-refractivity contribution < 1.29 is 4.79 Å². The van der Waals surface area contributed by atoms with Crippen LogP contribution < -0.4 is 0 Å². The largest absolute Gasteiger partial charge is 0.278 e. The minimum Gasteiger partial charge on any atom is -0.278 e. The molecule has 5 heteroatoms. The van der Waals surface area contributed by atoms with Crippen molar-refractivity contribution in [2.75, 3.05) is 0 Å². The lowest BCUT2D eigenvalue weighted by molar-refractivity contribution is 0.472. The van der Waals surface area contributed by atoms with Crippen molar-refractivity contribution in [2.24, 2.45) is 0 Å². The van der Waals surface area contributed by atoms with Crippen LogP contribution in [-0.2, 0) is 10.2 Å². The highest BCUT2D eigenvalue weighted by Gasteiger charge is 2.32. The van der Waals surface area contributed by atoms with E-state index in [1.54, 1.807) is 24.2 Å². The number of benzene rings is 1. The van der Waals surface area contributed by atoms with Gasteiger partial charge in [0.15, 0.2) is 0 Å². The van der Waals surface area contributed by atoms with Crippen molar-refractivity contribution in [3.63, 3.8) is 0 Å². The maximum Gasteiger partial charge on any atom is 0.219 e. The Morgan fingerprint density at radius 1 is 1.45 bits per heavy atom. The minimum absolute atomic E-state index is 0.238. The molecule has 0 aliphatic rings. The summed E-state index contributed by atoms with van der Waals surface area (Å²) in [6, 6.07) is 7.79. The van der Waals surface area contributed by atoms with Gasteiger partial charge in [0.05, 0.1) is 0 Å². The van der Waals surface area contributed by atoms with Gasteiger partial charge in [-0.15, -0.1) is 11.8 Å². The van der Waals surface area contributed by atoms with E-state index in [2.05, 4.69) is 25.8 Å². The topological polar surface area (TPSA) is 34.9 Å². The third-order valence-corrected chi connectivity index (χ3v) is 5.19. The molecule has 3 nitrogen and oxygen atoms in total. The molecule has 0 radical (unpaired) electrons. The van der Waals surface area contributed by atoms with Gasteiger partial charge in [-0.1, -0.05) is 38.4 Å². The van der Waals surface area contributed by atoms with Crippen LogP contribution in [0.3, 0.4) is 0 Å². The van der Waals surface area contributed by atoms with Gasteiger partial charge in [-0.2, -0.15) is 0 Å². The fraction of sp³-hybridized carbons (Fsp3) is 0.333. The van der Waals surface area contributed by atoms with E-state index < -0.39 is 0 Å². The van der Waals surface area contributed by atoms with Crippen LogP contribution in [0.5, 0.6) is 0 Å². The lowest BCUT2D eigenvalue weighted by Crippen LogP contribution is -2.32. The van der Waals surface area contributed by atoms with Crippen molar-refractivity contribution in [2.45, 2.75) is 36.3 Å². The predicted octanol–water partition coefficient (Wildman–Crippen LogP) is 4.03. The van der Waals surface area contributed by atoms with E-state index in [9.17, 15) is 4.79 Å². The van der Waals surface area contributed by atoms with Crippen LogP contribution in [0, 0.1) is 0 Å². The molecule has 1 aromatic carbocycles. The minimum atomic E-state index is -0.239. The summed E-state index contributed by atoms with van der Waals surface area (Å²) < 4.78 is 1.54. The highest BCUT2D eigenvalue weighted by molar-refractivity contribution is 8.00. The molecule has 0 saturated heterocycles. The normalized spacial score (nSPS) is 13.2. The predicted molar refractivity (Wildman–Crippen MR) is 84.2 cm³/mol. The first-order chi connectivity index (χ1) is 9.45. The van der Waals surface area contributed by atoms with Gasteiger partial charge in [0.2, 0.25) is 6.41 Å². The second kappa shape index (κ2) is 6.02. The number of nitrogens with zero attached hydrogens (tertiary/aromatic N) is 2. The Balaban J connectivity index is 2.23. The lowest BCUT2D eigenvalue weighted by atomic mass is 9.88. The summed E-state index contributed by atoms with van der Waals surface area (Å²) in [6.07, 6.45) is 4.13. The van der Waals surface area contributed by atoms with Gasteiger partial charge in [-0.3, -0.25) is 9.36 Å². The van der Waals surface area contributed by atoms with Gasteiger partial charge in [0.1, 0.15) is 5.82 Å². The van der Waals surface area contributed by atoms with E-state index in [4.69, 9.17) is 11.6 Å². The van der Waals surface area contributed by atoms with Gasteiger partial charge >= 0.3 is 0 Å². The summed E-state index contributed by atoms with van der Waals surface area (Å²) in [5, 5.41) is 0.969. The van der Waals surface area contributed by atoms with Crippen LogP contribution in [0.1, 0.15) is 26.6 Å². The number of carbonyl (C=O) groups excluding carboxylic acids is 1. The molecule has 1 heterocycles. The summed E-state index contributed by atoms with van der Waals surface area (Å²) in [7, 11) is 0. The molecule has 0 amide bonds. The van der Waals surface area contributed by atoms with E-state index in [0.717, 1.165) is 22.2 Å². The van der Waals surface area contributed by atoms with Crippen LogP contribution in [0.25, 0.3) is 0 Å². The number of aromatic nitrogens is 2. The number of carbonyl (C=O) groups is 1. The number of rotatable bonds is 5. The summed E-state index contributed by atoms with van der Waals surface area (Å²) in [5.74, 6) is 0.773. The Morgan fingerprint density at radius 2 is 2.20 bits per heavy atom.